The molecule has 3 N–H and O–H groups in total. The molecule has 0 atom stereocenters. The normalized spacial score (nSPS) is 12.4. The predicted molar refractivity (Wildman–Crippen MR) is 82.0 cm³/mol. The van der Waals surface area contributed by atoms with Crippen LogP contribution < -0.4 is 10.5 Å². The van der Waals surface area contributed by atoms with Gasteiger partial charge in [-0.15, -0.1) is 0 Å². The highest BCUT2D eigenvalue weighted by Gasteiger charge is 2.21. The van der Waals surface area contributed by atoms with Crippen molar-refractivity contribution >= 4 is 38.8 Å². The van der Waals surface area contributed by atoms with Crippen LogP contribution in [0.25, 0.3) is 0 Å². The van der Waals surface area contributed by atoms with Crippen LogP contribution in [0.2, 0.25) is 5.02 Å². The van der Waals surface area contributed by atoms with E-state index in [4.69, 9.17) is 29.6 Å². The van der Waals surface area contributed by atoms with Gasteiger partial charge in [-0.25, -0.2) is 13.1 Å². The van der Waals surface area contributed by atoms with Crippen molar-refractivity contribution in [2.45, 2.75) is 25.7 Å². The third-order valence-electron chi connectivity index (χ3n) is 2.30. The first-order valence-electron chi connectivity index (χ1n) is 5.62. The van der Waals surface area contributed by atoms with E-state index >= 15 is 0 Å². The lowest BCUT2D eigenvalue weighted by molar-refractivity contribution is 0.407. The highest BCUT2D eigenvalue weighted by molar-refractivity contribution is 7.89. The summed E-state index contributed by atoms with van der Waals surface area (Å²) in [6.07, 6.45) is 0. The molecule has 1 aromatic carbocycles. The van der Waals surface area contributed by atoms with Gasteiger partial charge in [0.15, 0.2) is 0 Å². The molecule has 0 saturated carbocycles. The summed E-state index contributed by atoms with van der Waals surface area (Å²) in [6.45, 7) is 6.11. The van der Waals surface area contributed by atoms with E-state index in [0.29, 0.717) is 12.1 Å². The number of sulfonamides is 1. The standard InChI is InChI=1S/C12H17ClN2O2S2/c1-12(2,3)7-15-19(16,17)10-6-8(11(14)18)4-5-9(10)13/h4-6,15H,7H2,1-3H3,(H2,14,18). The number of nitrogens with two attached hydrogens (primary N) is 1. The van der Waals surface area contributed by atoms with Crippen LogP contribution in [0.4, 0.5) is 0 Å². The van der Waals surface area contributed by atoms with Crippen LogP contribution in [0.3, 0.4) is 0 Å². The van der Waals surface area contributed by atoms with Crippen LogP contribution in [0.15, 0.2) is 23.1 Å². The SMILES string of the molecule is CC(C)(C)CNS(=O)(=O)c1cc(C(N)=S)ccc1Cl. The summed E-state index contributed by atoms with van der Waals surface area (Å²) in [5.74, 6) is 0. The van der Waals surface area contributed by atoms with Crippen molar-refractivity contribution in [3.05, 3.63) is 28.8 Å². The molecule has 19 heavy (non-hydrogen) atoms. The third-order valence-corrected chi connectivity index (χ3v) is 4.42. The second kappa shape index (κ2) is 5.75. The average molecular weight is 321 g/mol. The van der Waals surface area contributed by atoms with Crippen LogP contribution in [0.5, 0.6) is 0 Å². The number of thiocarbonyl (C=S) groups is 1. The first-order chi connectivity index (χ1) is 8.53. The molecule has 0 heterocycles. The summed E-state index contributed by atoms with van der Waals surface area (Å²) >= 11 is 10.8. The van der Waals surface area contributed by atoms with Crippen molar-refractivity contribution in [3.8, 4) is 0 Å². The van der Waals surface area contributed by atoms with Crippen molar-refractivity contribution in [1.29, 1.82) is 0 Å². The Kier molecular flexibility index (Phi) is 4.95. The fourth-order valence-electron chi connectivity index (χ4n) is 1.25. The van der Waals surface area contributed by atoms with Gasteiger partial charge in [-0.3, -0.25) is 0 Å². The van der Waals surface area contributed by atoms with Gasteiger partial charge in [-0.2, -0.15) is 0 Å². The summed E-state index contributed by atoms with van der Waals surface area (Å²) in [7, 11) is -3.68. The second-order valence-corrected chi connectivity index (χ2v) is 7.98. The van der Waals surface area contributed by atoms with Crippen LogP contribution in [0, 0.1) is 5.41 Å². The Morgan fingerprint density at radius 3 is 2.47 bits per heavy atom. The number of benzene rings is 1. The molecule has 7 heteroatoms. The van der Waals surface area contributed by atoms with Crippen molar-refractivity contribution in [1.82, 2.24) is 4.72 Å². The maximum Gasteiger partial charge on any atom is 0.242 e. The van der Waals surface area contributed by atoms with E-state index in [2.05, 4.69) is 4.72 Å². The Morgan fingerprint density at radius 2 is 2.00 bits per heavy atom. The smallest absolute Gasteiger partial charge is 0.242 e. The molecule has 0 bridgehead atoms. The van der Waals surface area contributed by atoms with Gasteiger partial charge in [0.1, 0.15) is 9.88 Å². The number of hydrogen-bond donors (Lipinski definition) is 2. The lowest BCUT2D eigenvalue weighted by Crippen LogP contribution is -2.32. The summed E-state index contributed by atoms with van der Waals surface area (Å²) in [6, 6.07) is 4.45. The molecule has 4 nitrogen and oxygen atoms in total. The molecule has 0 aliphatic heterocycles. The van der Waals surface area contributed by atoms with E-state index in [9.17, 15) is 8.42 Å². The van der Waals surface area contributed by atoms with Gasteiger partial charge in [-0.05, 0) is 17.5 Å². The van der Waals surface area contributed by atoms with E-state index in [1.807, 2.05) is 20.8 Å². The molecular weight excluding hydrogens is 304 g/mol. The molecule has 0 radical (unpaired) electrons. The molecule has 0 aromatic heterocycles. The van der Waals surface area contributed by atoms with E-state index in [-0.39, 0.29) is 20.3 Å². The summed E-state index contributed by atoms with van der Waals surface area (Å²) in [4.78, 5) is 0.118. The van der Waals surface area contributed by atoms with Gasteiger partial charge in [0, 0.05) is 12.1 Å². The lowest BCUT2D eigenvalue weighted by atomic mass is 9.98. The summed E-state index contributed by atoms with van der Waals surface area (Å²) < 4.78 is 26.9. The Morgan fingerprint density at radius 1 is 1.42 bits per heavy atom. The maximum absolute atomic E-state index is 12.2. The van der Waals surface area contributed by atoms with Crippen LogP contribution in [-0.2, 0) is 10.0 Å². The second-order valence-electron chi connectivity index (χ2n) is 5.39. The van der Waals surface area contributed by atoms with Gasteiger partial charge in [-0.1, -0.05) is 50.7 Å². The van der Waals surface area contributed by atoms with Crippen molar-refractivity contribution in [3.63, 3.8) is 0 Å². The average Bonchev–Trinajstić information content (AvgIpc) is 2.25. The number of hydrogen-bond acceptors (Lipinski definition) is 3. The van der Waals surface area contributed by atoms with E-state index < -0.39 is 10.0 Å². The zero-order valence-corrected chi connectivity index (χ0v) is 13.4. The molecule has 0 saturated heterocycles. The van der Waals surface area contributed by atoms with Gasteiger partial charge in [0.05, 0.1) is 5.02 Å². The van der Waals surface area contributed by atoms with Crippen molar-refractivity contribution in [2.24, 2.45) is 11.1 Å². The van der Waals surface area contributed by atoms with Gasteiger partial charge < -0.3 is 5.73 Å². The zero-order valence-electron chi connectivity index (χ0n) is 11.0. The fraction of sp³-hybridized carbons (Fsp3) is 0.417. The Hall–Kier alpha value is -0.690. The van der Waals surface area contributed by atoms with Gasteiger partial charge in [0.25, 0.3) is 0 Å². The van der Waals surface area contributed by atoms with Crippen LogP contribution >= 0.6 is 23.8 Å². The largest absolute Gasteiger partial charge is 0.389 e. The minimum atomic E-state index is -3.68. The molecule has 0 aliphatic carbocycles. The molecule has 0 amide bonds. The molecule has 0 aliphatic rings. The summed E-state index contributed by atoms with van der Waals surface area (Å²) in [5.41, 5.74) is 5.79. The van der Waals surface area contributed by atoms with Crippen molar-refractivity contribution in [2.75, 3.05) is 6.54 Å². The van der Waals surface area contributed by atoms with Gasteiger partial charge in [0.2, 0.25) is 10.0 Å². The van der Waals surface area contributed by atoms with Crippen LogP contribution in [-0.4, -0.2) is 20.0 Å². The lowest BCUT2D eigenvalue weighted by Gasteiger charge is -2.19. The molecule has 106 valence electrons. The number of rotatable bonds is 4. The fourth-order valence-corrected chi connectivity index (χ4v) is 3.19. The molecular formula is C12H17ClN2O2S2. The quantitative estimate of drug-likeness (QED) is 0.835. The van der Waals surface area contributed by atoms with E-state index in [1.165, 1.54) is 12.1 Å². The van der Waals surface area contributed by atoms with Gasteiger partial charge >= 0.3 is 0 Å². The molecule has 0 fully saturated rings. The monoisotopic (exact) mass is 320 g/mol. The molecule has 1 rings (SSSR count). The minimum Gasteiger partial charge on any atom is -0.389 e. The predicted octanol–water partition coefficient (Wildman–Crippen LogP) is 2.30. The molecule has 0 unspecified atom stereocenters. The molecule has 0 spiro atoms. The number of halogens is 1. The van der Waals surface area contributed by atoms with E-state index in [0.717, 1.165) is 0 Å². The minimum absolute atomic E-state index is 0.0104. The zero-order chi connectivity index (χ0) is 14.8. The Bertz CT molecular complexity index is 592. The van der Waals surface area contributed by atoms with E-state index in [1.54, 1.807) is 6.07 Å². The highest BCUT2D eigenvalue weighted by atomic mass is 35.5. The van der Waals surface area contributed by atoms with Crippen molar-refractivity contribution < 1.29 is 8.42 Å². The molecule has 1 aromatic rings. The topological polar surface area (TPSA) is 72.2 Å². The first-order valence-corrected chi connectivity index (χ1v) is 7.89. The highest BCUT2D eigenvalue weighted by Crippen LogP contribution is 2.23. The Balaban J connectivity index is 3.14. The maximum atomic E-state index is 12.2. The van der Waals surface area contributed by atoms with Crippen LogP contribution in [0.1, 0.15) is 26.3 Å². The first kappa shape index (κ1) is 16.4. The number of nitrogens with one attached hydrogen (secondary N) is 1. The summed E-state index contributed by atoms with van der Waals surface area (Å²) in [5, 5.41) is 0.140. The Labute approximate surface area is 124 Å². The third kappa shape index (κ3) is 4.72.